The monoisotopic (exact) mass is 423 g/mol. The highest BCUT2D eigenvalue weighted by Gasteiger charge is 2.58. The highest BCUT2D eigenvalue weighted by molar-refractivity contribution is 5.79. The number of carbonyl (C=O) groups is 2. The maximum absolute atomic E-state index is 12.8. The summed E-state index contributed by atoms with van der Waals surface area (Å²) in [6.07, 6.45) is -0.791. The van der Waals surface area contributed by atoms with E-state index in [4.69, 9.17) is 14.3 Å². The van der Waals surface area contributed by atoms with Crippen molar-refractivity contribution in [3.05, 3.63) is 71.8 Å². The van der Waals surface area contributed by atoms with E-state index in [9.17, 15) is 9.59 Å². The molecule has 6 nitrogen and oxygen atoms in total. The van der Waals surface area contributed by atoms with E-state index in [-0.39, 0.29) is 36.6 Å². The van der Waals surface area contributed by atoms with Crippen molar-refractivity contribution < 1.29 is 23.9 Å². The molecule has 0 N–H and O–H groups in total. The van der Waals surface area contributed by atoms with Crippen LogP contribution in [0.25, 0.3) is 0 Å². The van der Waals surface area contributed by atoms with Crippen LogP contribution in [0.15, 0.2) is 60.7 Å². The number of hydroxylamine groups is 2. The molecule has 6 heteroatoms. The van der Waals surface area contributed by atoms with Gasteiger partial charge in [0.15, 0.2) is 0 Å². The van der Waals surface area contributed by atoms with Crippen LogP contribution in [0.3, 0.4) is 0 Å². The highest BCUT2D eigenvalue weighted by atomic mass is 16.7. The quantitative estimate of drug-likeness (QED) is 0.680. The zero-order chi connectivity index (χ0) is 22.2. The Morgan fingerprint density at radius 3 is 2.10 bits per heavy atom. The Balaban J connectivity index is 1.67. The van der Waals surface area contributed by atoms with Crippen molar-refractivity contribution in [1.29, 1.82) is 0 Å². The first-order chi connectivity index (χ1) is 14.8. The minimum absolute atomic E-state index is 0.0745. The summed E-state index contributed by atoms with van der Waals surface area (Å²) in [6.45, 7) is 7.38. The SMILES string of the molecule is C[C@@H]1OC(=O)[C@H]2[C@@H]1[C@@H](COC(=O)C(C)(C)C)ON2C(c1ccccc1)c1ccccc1. The Labute approximate surface area is 183 Å². The minimum atomic E-state index is -0.609. The molecule has 2 heterocycles. The average molecular weight is 424 g/mol. The van der Waals surface area contributed by atoms with Gasteiger partial charge in [-0.15, -0.1) is 0 Å². The molecule has 4 atom stereocenters. The van der Waals surface area contributed by atoms with Crippen LogP contribution >= 0.6 is 0 Å². The molecule has 2 saturated heterocycles. The van der Waals surface area contributed by atoms with Crippen LogP contribution in [-0.4, -0.2) is 41.9 Å². The first kappa shape index (κ1) is 21.5. The van der Waals surface area contributed by atoms with Gasteiger partial charge in [0.25, 0.3) is 0 Å². The third-order valence-corrected chi connectivity index (χ3v) is 5.89. The molecule has 0 aromatic heterocycles. The van der Waals surface area contributed by atoms with E-state index in [1.807, 2.05) is 88.4 Å². The zero-order valence-electron chi connectivity index (χ0n) is 18.4. The number of cyclic esters (lactones) is 1. The fourth-order valence-corrected chi connectivity index (χ4v) is 4.31. The molecule has 2 fully saturated rings. The van der Waals surface area contributed by atoms with Gasteiger partial charge in [-0.1, -0.05) is 60.7 Å². The number of esters is 2. The molecule has 2 aliphatic rings. The van der Waals surface area contributed by atoms with E-state index in [0.717, 1.165) is 11.1 Å². The average Bonchev–Trinajstić information content (AvgIpc) is 3.26. The van der Waals surface area contributed by atoms with Crippen molar-refractivity contribution in [3.63, 3.8) is 0 Å². The topological polar surface area (TPSA) is 65.1 Å². The van der Waals surface area contributed by atoms with Gasteiger partial charge in [0.2, 0.25) is 0 Å². The van der Waals surface area contributed by atoms with Crippen LogP contribution in [0.2, 0.25) is 0 Å². The van der Waals surface area contributed by atoms with Gasteiger partial charge in [-0.3, -0.25) is 14.4 Å². The third kappa shape index (κ3) is 4.23. The standard InChI is InChI=1S/C25H29NO5/c1-16-20-19(15-29-24(28)25(2,3)4)31-26(22(20)23(27)30-16)21(17-11-7-5-8-12-17)18-13-9-6-10-14-18/h5-14,16,19-22H,15H2,1-4H3/t16-,19+,20-,22+/m0/s1. The van der Waals surface area contributed by atoms with E-state index >= 15 is 0 Å². The van der Waals surface area contributed by atoms with Crippen LogP contribution in [0.4, 0.5) is 0 Å². The number of ether oxygens (including phenoxy) is 2. The second kappa shape index (κ2) is 8.44. The molecular formula is C25H29NO5. The summed E-state index contributed by atoms with van der Waals surface area (Å²) >= 11 is 0. The molecule has 0 amide bonds. The van der Waals surface area contributed by atoms with Crippen molar-refractivity contribution in [3.8, 4) is 0 Å². The van der Waals surface area contributed by atoms with Crippen molar-refractivity contribution in [2.75, 3.05) is 6.61 Å². The lowest BCUT2D eigenvalue weighted by Crippen LogP contribution is -2.38. The molecule has 2 aromatic carbocycles. The first-order valence-electron chi connectivity index (χ1n) is 10.7. The van der Waals surface area contributed by atoms with Crippen molar-refractivity contribution in [2.24, 2.45) is 11.3 Å². The predicted molar refractivity (Wildman–Crippen MR) is 115 cm³/mol. The Morgan fingerprint density at radius 1 is 1.03 bits per heavy atom. The predicted octanol–water partition coefficient (Wildman–Crippen LogP) is 3.91. The maximum Gasteiger partial charge on any atom is 0.326 e. The largest absolute Gasteiger partial charge is 0.462 e. The summed E-state index contributed by atoms with van der Waals surface area (Å²) in [5, 5.41) is 1.75. The molecule has 0 aliphatic carbocycles. The Morgan fingerprint density at radius 2 is 1.58 bits per heavy atom. The fraction of sp³-hybridized carbons (Fsp3) is 0.440. The Hall–Kier alpha value is -2.70. The van der Waals surface area contributed by atoms with Crippen molar-refractivity contribution >= 4 is 11.9 Å². The second-order valence-corrected chi connectivity index (χ2v) is 9.24. The molecular weight excluding hydrogens is 394 g/mol. The molecule has 31 heavy (non-hydrogen) atoms. The van der Waals surface area contributed by atoms with Crippen molar-refractivity contribution in [2.45, 2.75) is 52.0 Å². The van der Waals surface area contributed by atoms with E-state index in [2.05, 4.69) is 0 Å². The smallest absolute Gasteiger partial charge is 0.326 e. The molecule has 0 spiro atoms. The third-order valence-electron chi connectivity index (χ3n) is 5.89. The van der Waals surface area contributed by atoms with E-state index in [1.54, 1.807) is 5.06 Å². The molecule has 2 aromatic rings. The van der Waals surface area contributed by atoms with Gasteiger partial charge < -0.3 is 9.47 Å². The molecule has 2 aliphatic heterocycles. The molecule has 0 bridgehead atoms. The summed E-state index contributed by atoms with van der Waals surface area (Å²) in [5.41, 5.74) is 1.40. The number of hydrogen-bond donors (Lipinski definition) is 0. The first-order valence-corrected chi connectivity index (χ1v) is 10.7. The number of rotatable bonds is 5. The highest BCUT2D eigenvalue weighted by Crippen LogP contribution is 2.44. The number of nitrogens with zero attached hydrogens (tertiary/aromatic N) is 1. The molecule has 4 rings (SSSR count). The normalized spacial score (nSPS) is 26.0. The van der Waals surface area contributed by atoms with Gasteiger partial charge in [-0.2, -0.15) is 5.06 Å². The summed E-state index contributed by atoms with van der Waals surface area (Å²) in [4.78, 5) is 31.5. The summed E-state index contributed by atoms with van der Waals surface area (Å²) in [7, 11) is 0. The van der Waals surface area contributed by atoms with Crippen molar-refractivity contribution in [1.82, 2.24) is 5.06 Å². The lowest BCUT2D eigenvalue weighted by atomic mass is 9.90. The van der Waals surface area contributed by atoms with Gasteiger partial charge in [-0.05, 0) is 38.8 Å². The van der Waals surface area contributed by atoms with E-state index < -0.39 is 17.6 Å². The number of carbonyl (C=O) groups excluding carboxylic acids is 2. The molecule has 164 valence electrons. The fourth-order valence-electron chi connectivity index (χ4n) is 4.31. The van der Waals surface area contributed by atoms with Crippen LogP contribution < -0.4 is 0 Å². The molecule has 0 radical (unpaired) electrons. The summed E-state index contributed by atoms with van der Waals surface area (Å²) in [5.74, 6) is -0.833. The van der Waals surface area contributed by atoms with E-state index in [0.29, 0.717) is 0 Å². The maximum atomic E-state index is 12.8. The Kier molecular flexibility index (Phi) is 5.86. The Bertz CT molecular complexity index is 884. The minimum Gasteiger partial charge on any atom is -0.462 e. The lowest BCUT2D eigenvalue weighted by molar-refractivity contribution is -0.209. The zero-order valence-corrected chi connectivity index (χ0v) is 18.4. The van der Waals surface area contributed by atoms with Crippen LogP contribution in [0, 0.1) is 11.3 Å². The lowest BCUT2D eigenvalue weighted by Gasteiger charge is -2.30. The van der Waals surface area contributed by atoms with Crippen LogP contribution in [0.5, 0.6) is 0 Å². The second-order valence-electron chi connectivity index (χ2n) is 9.24. The van der Waals surface area contributed by atoms with Gasteiger partial charge in [0.05, 0.1) is 17.4 Å². The van der Waals surface area contributed by atoms with E-state index in [1.165, 1.54) is 0 Å². The number of fused-ring (bicyclic) bond motifs is 1. The molecule has 0 saturated carbocycles. The summed E-state index contributed by atoms with van der Waals surface area (Å²) < 4.78 is 11.1. The van der Waals surface area contributed by atoms with Crippen LogP contribution in [-0.2, 0) is 23.9 Å². The summed E-state index contributed by atoms with van der Waals surface area (Å²) in [6, 6.07) is 19.0. The van der Waals surface area contributed by atoms with Gasteiger partial charge in [0.1, 0.15) is 24.9 Å². The van der Waals surface area contributed by atoms with Gasteiger partial charge in [0, 0.05) is 0 Å². The van der Waals surface area contributed by atoms with Gasteiger partial charge in [-0.25, -0.2) is 0 Å². The number of benzene rings is 2. The van der Waals surface area contributed by atoms with Crippen LogP contribution in [0.1, 0.15) is 44.9 Å². The number of hydrogen-bond acceptors (Lipinski definition) is 6. The molecule has 0 unspecified atom stereocenters. The van der Waals surface area contributed by atoms with Gasteiger partial charge >= 0.3 is 11.9 Å².